The lowest BCUT2D eigenvalue weighted by Crippen LogP contribution is -2.53. The molecule has 0 heterocycles. The maximum atomic E-state index is 5.91. The van der Waals surface area contributed by atoms with Gasteiger partial charge < -0.3 is 11.1 Å². The molecule has 3 N–H and O–H groups in total. The van der Waals surface area contributed by atoms with Crippen LogP contribution in [-0.2, 0) is 0 Å². The Morgan fingerprint density at radius 1 is 1.60 bits per heavy atom. The van der Waals surface area contributed by atoms with Crippen molar-refractivity contribution < 1.29 is 0 Å². The Morgan fingerprint density at radius 2 is 2.30 bits per heavy atom. The van der Waals surface area contributed by atoms with Crippen molar-refractivity contribution in [3.8, 4) is 12.3 Å². The summed E-state index contributed by atoms with van der Waals surface area (Å²) in [6.07, 6.45) is 8.62. The summed E-state index contributed by atoms with van der Waals surface area (Å²) in [5, 5.41) is 3.12. The first-order valence-electron chi connectivity index (χ1n) is 3.70. The van der Waals surface area contributed by atoms with Crippen LogP contribution in [0.1, 0.15) is 19.3 Å². The van der Waals surface area contributed by atoms with Crippen molar-refractivity contribution in [2.24, 2.45) is 5.73 Å². The van der Waals surface area contributed by atoms with E-state index in [1.165, 1.54) is 6.42 Å². The smallest absolute Gasteiger partial charge is 0.0574 e. The van der Waals surface area contributed by atoms with Crippen LogP contribution in [0.5, 0.6) is 0 Å². The maximum absolute atomic E-state index is 5.91. The zero-order valence-electron chi connectivity index (χ0n) is 6.19. The molecule has 0 bridgehead atoms. The minimum absolute atomic E-state index is 0.0663. The molecule has 0 saturated heterocycles. The molecule has 0 spiro atoms. The quantitative estimate of drug-likeness (QED) is 0.428. The summed E-state index contributed by atoms with van der Waals surface area (Å²) in [5.41, 5.74) is 5.98. The van der Waals surface area contributed by atoms with Crippen LogP contribution in [0, 0.1) is 12.3 Å². The van der Waals surface area contributed by atoms with Gasteiger partial charge in [-0.05, 0) is 19.3 Å². The minimum atomic E-state index is 0.0663. The van der Waals surface area contributed by atoms with Crippen molar-refractivity contribution in [2.75, 3.05) is 13.1 Å². The number of hydrogen-bond donors (Lipinski definition) is 2. The fourth-order valence-electron chi connectivity index (χ4n) is 1.19. The third-order valence-corrected chi connectivity index (χ3v) is 2.05. The molecule has 2 heteroatoms. The normalized spacial score (nSPS) is 21.2. The Hall–Kier alpha value is -0.520. The van der Waals surface area contributed by atoms with Gasteiger partial charge in [-0.3, -0.25) is 0 Å². The number of rotatable bonds is 3. The van der Waals surface area contributed by atoms with Gasteiger partial charge in [-0.2, -0.15) is 0 Å². The van der Waals surface area contributed by atoms with Gasteiger partial charge in [0.15, 0.2) is 0 Å². The zero-order valence-corrected chi connectivity index (χ0v) is 6.19. The second-order valence-corrected chi connectivity index (χ2v) is 3.02. The second kappa shape index (κ2) is 3.05. The molecule has 1 saturated carbocycles. The van der Waals surface area contributed by atoms with Crippen molar-refractivity contribution in [1.29, 1.82) is 0 Å². The molecule has 0 amide bonds. The van der Waals surface area contributed by atoms with Gasteiger partial charge in [0, 0.05) is 12.1 Å². The van der Waals surface area contributed by atoms with Crippen LogP contribution in [0.15, 0.2) is 0 Å². The van der Waals surface area contributed by atoms with E-state index in [2.05, 4.69) is 11.2 Å². The third-order valence-electron chi connectivity index (χ3n) is 2.05. The van der Waals surface area contributed by atoms with Crippen LogP contribution >= 0.6 is 0 Å². The fraction of sp³-hybridized carbons (Fsp3) is 0.750. The van der Waals surface area contributed by atoms with Gasteiger partial charge in [0.25, 0.3) is 0 Å². The first kappa shape index (κ1) is 7.59. The molecule has 1 aliphatic rings. The van der Waals surface area contributed by atoms with Gasteiger partial charge in [0.2, 0.25) is 0 Å². The van der Waals surface area contributed by atoms with E-state index < -0.39 is 0 Å². The van der Waals surface area contributed by atoms with E-state index in [9.17, 15) is 0 Å². The van der Waals surface area contributed by atoms with E-state index in [1.807, 2.05) is 0 Å². The van der Waals surface area contributed by atoms with E-state index in [-0.39, 0.29) is 5.54 Å². The highest BCUT2D eigenvalue weighted by Gasteiger charge is 2.31. The average Bonchev–Trinajstić information content (AvgIpc) is 1.85. The van der Waals surface area contributed by atoms with E-state index >= 15 is 0 Å². The molecule has 2 nitrogen and oxygen atoms in total. The molecular formula is C8H14N2. The molecule has 0 aromatic carbocycles. The Balaban J connectivity index is 2.07. The van der Waals surface area contributed by atoms with Gasteiger partial charge in [0.1, 0.15) is 0 Å². The minimum Gasteiger partial charge on any atom is -0.324 e. The van der Waals surface area contributed by atoms with Gasteiger partial charge in [-0.15, -0.1) is 6.42 Å². The first-order chi connectivity index (χ1) is 4.77. The standard InChI is InChI=1S/C8H14N2/c1-2-6-10-7-8(9)4-3-5-8/h1,10H,3-7,9H2. The molecule has 0 aromatic heterocycles. The third kappa shape index (κ3) is 1.73. The molecule has 0 aliphatic heterocycles. The lowest BCUT2D eigenvalue weighted by atomic mass is 9.78. The van der Waals surface area contributed by atoms with Gasteiger partial charge in [-0.1, -0.05) is 5.92 Å². The molecule has 0 unspecified atom stereocenters. The van der Waals surface area contributed by atoms with Crippen LogP contribution in [0.25, 0.3) is 0 Å². The lowest BCUT2D eigenvalue weighted by molar-refractivity contribution is 0.242. The molecule has 0 aromatic rings. The second-order valence-electron chi connectivity index (χ2n) is 3.02. The summed E-state index contributed by atoms with van der Waals surface area (Å²) < 4.78 is 0. The summed E-state index contributed by atoms with van der Waals surface area (Å²) in [4.78, 5) is 0. The van der Waals surface area contributed by atoms with Crippen LogP contribution in [0.3, 0.4) is 0 Å². The van der Waals surface area contributed by atoms with E-state index in [0.717, 1.165) is 19.4 Å². The Bertz CT molecular complexity index is 142. The number of nitrogens with two attached hydrogens (primary N) is 1. The Morgan fingerprint density at radius 3 is 2.70 bits per heavy atom. The fourth-order valence-corrected chi connectivity index (χ4v) is 1.19. The molecule has 10 heavy (non-hydrogen) atoms. The largest absolute Gasteiger partial charge is 0.324 e. The summed E-state index contributed by atoms with van der Waals surface area (Å²) in [5.74, 6) is 2.52. The first-order valence-corrected chi connectivity index (χ1v) is 3.70. The average molecular weight is 138 g/mol. The molecule has 0 atom stereocenters. The molecule has 1 aliphatic carbocycles. The van der Waals surface area contributed by atoms with Gasteiger partial charge in [-0.25, -0.2) is 0 Å². The highest BCUT2D eigenvalue weighted by molar-refractivity contribution is 4.96. The van der Waals surface area contributed by atoms with Gasteiger partial charge >= 0.3 is 0 Å². The van der Waals surface area contributed by atoms with Gasteiger partial charge in [0.05, 0.1) is 6.54 Å². The predicted octanol–water partition coefficient (Wildman–Crippen LogP) is 0.0906. The van der Waals surface area contributed by atoms with E-state index in [1.54, 1.807) is 0 Å². The van der Waals surface area contributed by atoms with Crippen LogP contribution < -0.4 is 11.1 Å². The Kier molecular flexibility index (Phi) is 2.31. The summed E-state index contributed by atoms with van der Waals surface area (Å²) in [6, 6.07) is 0. The summed E-state index contributed by atoms with van der Waals surface area (Å²) >= 11 is 0. The molecule has 1 fully saturated rings. The highest BCUT2D eigenvalue weighted by Crippen LogP contribution is 2.27. The predicted molar refractivity (Wildman–Crippen MR) is 42.5 cm³/mol. The molecule has 0 radical (unpaired) electrons. The SMILES string of the molecule is C#CCNCC1(N)CCC1. The lowest BCUT2D eigenvalue weighted by Gasteiger charge is -2.38. The zero-order chi connectivity index (χ0) is 7.45. The molecule has 1 rings (SSSR count). The topological polar surface area (TPSA) is 38.0 Å². The van der Waals surface area contributed by atoms with E-state index in [4.69, 9.17) is 12.2 Å². The molecule has 56 valence electrons. The molecular weight excluding hydrogens is 124 g/mol. The summed E-state index contributed by atoms with van der Waals surface area (Å²) in [6.45, 7) is 1.51. The van der Waals surface area contributed by atoms with Crippen molar-refractivity contribution >= 4 is 0 Å². The van der Waals surface area contributed by atoms with Crippen LogP contribution in [0.2, 0.25) is 0 Å². The van der Waals surface area contributed by atoms with Crippen LogP contribution in [-0.4, -0.2) is 18.6 Å². The number of hydrogen-bond acceptors (Lipinski definition) is 2. The van der Waals surface area contributed by atoms with Crippen LogP contribution in [0.4, 0.5) is 0 Å². The van der Waals surface area contributed by atoms with E-state index in [0.29, 0.717) is 6.54 Å². The van der Waals surface area contributed by atoms with Crippen molar-refractivity contribution in [3.05, 3.63) is 0 Å². The van der Waals surface area contributed by atoms with Crippen molar-refractivity contribution in [1.82, 2.24) is 5.32 Å². The van der Waals surface area contributed by atoms with Crippen molar-refractivity contribution in [3.63, 3.8) is 0 Å². The number of terminal acetylenes is 1. The maximum Gasteiger partial charge on any atom is 0.0574 e. The Labute approximate surface area is 62.2 Å². The number of nitrogens with one attached hydrogen (secondary N) is 1. The highest BCUT2D eigenvalue weighted by atomic mass is 14.9. The monoisotopic (exact) mass is 138 g/mol. The van der Waals surface area contributed by atoms with Crippen molar-refractivity contribution in [2.45, 2.75) is 24.8 Å². The summed E-state index contributed by atoms with van der Waals surface area (Å²) in [7, 11) is 0.